The van der Waals surface area contributed by atoms with Crippen LogP contribution in [0.2, 0.25) is 0 Å². The van der Waals surface area contributed by atoms with Crippen LogP contribution in [0.3, 0.4) is 0 Å². The third kappa shape index (κ3) is 9.08. The summed E-state index contributed by atoms with van der Waals surface area (Å²) in [6, 6.07) is 0.119. The van der Waals surface area contributed by atoms with Gasteiger partial charge in [0.15, 0.2) is 0 Å². The van der Waals surface area contributed by atoms with Crippen LogP contribution < -0.4 is 10.6 Å². The van der Waals surface area contributed by atoms with Gasteiger partial charge in [0.1, 0.15) is 0 Å². The van der Waals surface area contributed by atoms with Crippen LogP contribution in [0.4, 0.5) is 0 Å². The number of hydrogen-bond donors (Lipinski definition) is 2. The first-order valence-corrected chi connectivity index (χ1v) is 7.32. The van der Waals surface area contributed by atoms with E-state index in [1.807, 2.05) is 13.8 Å². The molecule has 4 heteroatoms. The molecule has 0 aromatic rings. The molecule has 3 nitrogen and oxygen atoms in total. The predicted octanol–water partition coefficient (Wildman–Crippen LogP) is 1.64. The summed E-state index contributed by atoms with van der Waals surface area (Å²) in [6.45, 7) is 6.85. The zero-order chi connectivity index (χ0) is 13.1. The molecule has 0 radical (unpaired) electrons. The van der Waals surface area contributed by atoms with Gasteiger partial charge in [0.2, 0.25) is 5.91 Å². The molecular weight excluding hydrogens is 232 g/mol. The van der Waals surface area contributed by atoms with Gasteiger partial charge in [0.05, 0.1) is 11.8 Å². The van der Waals surface area contributed by atoms with Crippen molar-refractivity contribution in [3.05, 3.63) is 0 Å². The summed E-state index contributed by atoms with van der Waals surface area (Å²) in [5.74, 6) is 4.32. The Bertz CT molecular complexity index is 250. The largest absolute Gasteiger partial charge is 0.352 e. The van der Waals surface area contributed by atoms with Gasteiger partial charge < -0.3 is 10.6 Å². The summed E-state index contributed by atoms with van der Waals surface area (Å²) in [5.41, 5.74) is 0. The molecule has 0 spiro atoms. The number of carbonyl (C=O) groups is 1. The minimum absolute atomic E-state index is 0.0768. The van der Waals surface area contributed by atoms with E-state index >= 15 is 0 Å². The van der Waals surface area contributed by atoms with Crippen LogP contribution in [0.25, 0.3) is 0 Å². The first-order valence-electron chi connectivity index (χ1n) is 6.16. The highest BCUT2D eigenvalue weighted by Crippen LogP contribution is 1.97. The van der Waals surface area contributed by atoms with Crippen molar-refractivity contribution < 1.29 is 4.79 Å². The van der Waals surface area contributed by atoms with Gasteiger partial charge in [-0.3, -0.25) is 4.79 Å². The fourth-order valence-corrected chi connectivity index (χ4v) is 1.97. The SMILES string of the molecule is C#CCSCCNC(C)C(=O)NC(C)CCC. The Hall–Kier alpha value is -0.660. The molecule has 2 N–H and O–H groups in total. The Morgan fingerprint density at radius 3 is 2.76 bits per heavy atom. The van der Waals surface area contributed by atoms with Gasteiger partial charge in [0.25, 0.3) is 0 Å². The van der Waals surface area contributed by atoms with Crippen molar-refractivity contribution in [3.8, 4) is 12.3 Å². The third-order valence-corrected chi connectivity index (χ3v) is 3.25. The van der Waals surface area contributed by atoms with Gasteiger partial charge in [-0.2, -0.15) is 0 Å². The second kappa shape index (κ2) is 10.5. The number of terminal acetylenes is 1. The van der Waals surface area contributed by atoms with E-state index in [1.165, 1.54) is 0 Å². The number of hydrogen-bond acceptors (Lipinski definition) is 3. The van der Waals surface area contributed by atoms with Crippen LogP contribution >= 0.6 is 11.8 Å². The molecule has 0 aliphatic rings. The average molecular weight is 256 g/mol. The first-order chi connectivity index (χ1) is 8.11. The van der Waals surface area contributed by atoms with Gasteiger partial charge in [-0.25, -0.2) is 0 Å². The lowest BCUT2D eigenvalue weighted by molar-refractivity contribution is -0.123. The zero-order valence-electron chi connectivity index (χ0n) is 11.1. The van der Waals surface area contributed by atoms with E-state index in [9.17, 15) is 4.79 Å². The standard InChI is InChI=1S/C13H24N2OS/c1-5-7-11(3)15-13(16)12(4)14-8-10-17-9-6-2/h2,11-12,14H,5,7-10H2,1,3-4H3,(H,15,16). The predicted molar refractivity (Wildman–Crippen MR) is 76.1 cm³/mol. The molecule has 98 valence electrons. The normalized spacial score (nSPS) is 13.8. The van der Waals surface area contributed by atoms with Crippen molar-refractivity contribution in [2.24, 2.45) is 0 Å². The monoisotopic (exact) mass is 256 g/mol. The molecule has 1 amide bonds. The smallest absolute Gasteiger partial charge is 0.237 e. The highest BCUT2D eigenvalue weighted by molar-refractivity contribution is 7.99. The molecule has 0 saturated carbocycles. The molecule has 0 aromatic carbocycles. The van der Waals surface area contributed by atoms with E-state index in [2.05, 4.69) is 23.5 Å². The molecule has 0 bridgehead atoms. The van der Waals surface area contributed by atoms with Gasteiger partial charge >= 0.3 is 0 Å². The molecule has 0 fully saturated rings. The minimum atomic E-state index is -0.138. The molecule has 17 heavy (non-hydrogen) atoms. The number of rotatable bonds is 9. The molecule has 0 saturated heterocycles. The van der Waals surface area contributed by atoms with Crippen molar-refractivity contribution in [1.82, 2.24) is 10.6 Å². The molecule has 2 unspecified atom stereocenters. The fourth-order valence-electron chi connectivity index (χ4n) is 1.44. The van der Waals surface area contributed by atoms with E-state index < -0.39 is 0 Å². The molecule has 0 aliphatic heterocycles. The maximum atomic E-state index is 11.7. The molecule has 2 atom stereocenters. The van der Waals surface area contributed by atoms with Crippen LogP contribution in [0.5, 0.6) is 0 Å². The van der Waals surface area contributed by atoms with E-state index in [-0.39, 0.29) is 18.0 Å². The van der Waals surface area contributed by atoms with Crippen LogP contribution in [-0.4, -0.2) is 36.0 Å². The molecule has 0 rings (SSSR count). The van der Waals surface area contributed by atoms with Crippen LogP contribution in [0, 0.1) is 12.3 Å². The Morgan fingerprint density at radius 1 is 1.47 bits per heavy atom. The average Bonchev–Trinajstić information content (AvgIpc) is 2.28. The minimum Gasteiger partial charge on any atom is -0.352 e. The first kappa shape index (κ1) is 16.3. The van der Waals surface area contributed by atoms with E-state index in [0.717, 1.165) is 30.9 Å². The second-order valence-corrected chi connectivity index (χ2v) is 5.24. The summed E-state index contributed by atoms with van der Waals surface area (Å²) in [4.78, 5) is 11.7. The van der Waals surface area contributed by atoms with Crippen molar-refractivity contribution >= 4 is 17.7 Å². The second-order valence-electron chi connectivity index (χ2n) is 4.13. The Balaban J connectivity index is 3.64. The maximum Gasteiger partial charge on any atom is 0.237 e. The molecule has 0 aliphatic carbocycles. The third-order valence-electron chi connectivity index (χ3n) is 2.39. The van der Waals surface area contributed by atoms with Crippen molar-refractivity contribution in [2.75, 3.05) is 18.1 Å². The van der Waals surface area contributed by atoms with Crippen LogP contribution in [0.1, 0.15) is 33.6 Å². The highest BCUT2D eigenvalue weighted by Gasteiger charge is 2.13. The quantitative estimate of drug-likeness (QED) is 0.487. The van der Waals surface area contributed by atoms with E-state index in [0.29, 0.717) is 0 Å². The number of nitrogens with one attached hydrogen (secondary N) is 2. The lowest BCUT2D eigenvalue weighted by Gasteiger charge is -2.17. The lowest BCUT2D eigenvalue weighted by atomic mass is 10.2. The number of thioether (sulfide) groups is 1. The Morgan fingerprint density at radius 2 is 2.18 bits per heavy atom. The van der Waals surface area contributed by atoms with Crippen molar-refractivity contribution in [3.63, 3.8) is 0 Å². The molecule has 0 heterocycles. The maximum absolute atomic E-state index is 11.7. The van der Waals surface area contributed by atoms with E-state index in [4.69, 9.17) is 6.42 Å². The molecule has 0 aromatic heterocycles. The van der Waals surface area contributed by atoms with Gasteiger partial charge in [-0.1, -0.05) is 19.3 Å². The molecular formula is C13H24N2OS. The number of carbonyl (C=O) groups excluding carboxylic acids is 1. The number of amides is 1. The van der Waals surface area contributed by atoms with E-state index in [1.54, 1.807) is 11.8 Å². The lowest BCUT2D eigenvalue weighted by Crippen LogP contribution is -2.46. The van der Waals surface area contributed by atoms with Crippen molar-refractivity contribution in [1.29, 1.82) is 0 Å². The van der Waals surface area contributed by atoms with Gasteiger partial charge in [-0.15, -0.1) is 18.2 Å². The topological polar surface area (TPSA) is 41.1 Å². The zero-order valence-corrected chi connectivity index (χ0v) is 11.9. The Kier molecular flexibility index (Phi) is 10.1. The van der Waals surface area contributed by atoms with Gasteiger partial charge in [-0.05, 0) is 20.3 Å². The summed E-state index contributed by atoms with van der Waals surface area (Å²) in [7, 11) is 0. The summed E-state index contributed by atoms with van der Waals surface area (Å²) in [6.07, 6.45) is 7.26. The fraction of sp³-hybridized carbons (Fsp3) is 0.769. The summed E-state index contributed by atoms with van der Waals surface area (Å²) < 4.78 is 0. The summed E-state index contributed by atoms with van der Waals surface area (Å²) in [5, 5.41) is 6.18. The van der Waals surface area contributed by atoms with Crippen molar-refractivity contribution in [2.45, 2.75) is 45.7 Å². The van der Waals surface area contributed by atoms with Crippen LogP contribution in [-0.2, 0) is 4.79 Å². The van der Waals surface area contributed by atoms with Crippen LogP contribution in [0.15, 0.2) is 0 Å². The van der Waals surface area contributed by atoms with Gasteiger partial charge in [0, 0.05) is 18.3 Å². The summed E-state index contributed by atoms with van der Waals surface area (Å²) >= 11 is 1.70. The highest BCUT2D eigenvalue weighted by atomic mass is 32.2. The Labute approximate surface area is 110 Å².